The smallest absolute Gasteiger partial charge is 0.00965 e. The van der Waals surface area contributed by atoms with E-state index in [1.165, 1.54) is 64.5 Å². The molecule has 0 aliphatic heterocycles. The van der Waals surface area contributed by atoms with Gasteiger partial charge in [0.05, 0.1) is 0 Å². The monoisotopic (exact) mass is 224 g/mol. The van der Waals surface area contributed by atoms with E-state index >= 15 is 0 Å². The number of nitrogens with two attached hydrogens (primary N) is 1. The van der Waals surface area contributed by atoms with Crippen molar-refractivity contribution in [3.8, 4) is 0 Å². The summed E-state index contributed by atoms with van der Waals surface area (Å²) in [6.45, 7) is 4.86. The number of rotatable bonds is 5. The molecule has 2 aliphatic carbocycles. The molecule has 2 rings (SSSR count). The highest BCUT2D eigenvalue weighted by Gasteiger charge is 2.31. The summed E-state index contributed by atoms with van der Waals surface area (Å²) in [5.74, 6) is 0.773. The van der Waals surface area contributed by atoms with Crippen LogP contribution in [0.15, 0.2) is 0 Å². The Hall–Kier alpha value is -0.0800. The Kier molecular flexibility index (Phi) is 4.66. The minimum Gasteiger partial charge on any atom is -0.327 e. The molecule has 2 saturated carbocycles. The first-order chi connectivity index (χ1) is 7.81. The van der Waals surface area contributed by atoms with Crippen LogP contribution in [-0.4, -0.2) is 30.1 Å². The predicted octanol–water partition coefficient (Wildman–Crippen LogP) is 2.77. The van der Waals surface area contributed by atoms with Gasteiger partial charge in [-0.2, -0.15) is 0 Å². The lowest BCUT2D eigenvalue weighted by atomic mass is 9.95. The number of nitrogens with zero attached hydrogens (tertiary/aromatic N) is 1. The van der Waals surface area contributed by atoms with Gasteiger partial charge in [0.2, 0.25) is 0 Å². The second-order valence-corrected chi connectivity index (χ2v) is 5.79. The van der Waals surface area contributed by atoms with Crippen molar-refractivity contribution in [1.29, 1.82) is 0 Å². The number of hydrogen-bond donors (Lipinski definition) is 1. The van der Waals surface area contributed by atoms with Crippen molar-refractivity contribution < 1.29 is 0 Å². The quantitative estimate of drug-likeness (QED) is 0.728. The molecule has 0 aromatic rings. The molecule has 2 unspecified atom stereocenters. The molecule has 0 saturated heterocycles. The van der Waals surface area contributed by atoms with Gasteiger partial charge in [0.15, 0.2) is 0 Å². The highest BCUT2D eigenvalue weighted by molar-refractivity contribution is 4.88. The molecule has 2 aliphatic rings. The highest BCUT2D eigenvalue weighted by atomic mass is 15.2. The molecule has 16 heavy (non-hydrogen) atoms. The minimum absolute atomic E-state index is 0.473. The van der Waals surface area contributed by atoms with Crippen molar-refractivity contribution in [1.82, 2.24) is 4.90 Å². The zero-order valence-electron chi connectivity index (χ0n) is 10.8. The van der Waals surface area contributed by atoms with Crippen molar-refractivity contribution >= 4 is 0 Å². The van der Waals surface area contributed by atoms with Crippen molar-refractivity contribution in [2.45, 2.75) is 70.4 Å². The van der Waals surface area contributed by atoms with Crippen LogP contribution in [0.5, 0.6) is 0 Å². The molecule has 2 fully saturated rings. The average Bonchev–Trinajstić information content (AvgIpc) is 3.07. The molecule has 0 amide bonds. The first-order valence-electron chi connectivity index (χ1n) is 7.31. The van der Waals surface area contributed by atoms with E-state index in [9.17, 15) is 0 Å². The molecule has 0 radical (unpaired) electrons. The van der Waals surface area contributed by atoms with Gasteiger partial charge in [0.1, 0.15) is 0 Å². The molecule has 2 nitrogen and oxygen atoms in total. The van der Waals surface area contributed by atoms with Crippen molar-refractivity contribution in [3.63, 3.8) is 0 Å². The SMILES string of the molecule is CCCN(CC1CCCCCC1N)C1CC1. The minimum atomic E-state index is 0.473. The van der Waals surface area contributed by atoms with E-state index in [0.717, 1.165) is 12.0 Å². The van der Waals surface area contributed by atoms with E-state index in [2.05, 4.69) is 11.8 Å². The molecule has 0 bridgehead atoms. The lowest BCUT2D eigenvalue weighted by molar-refractivity contribution is 0.198. The summed E-state index contributed by atoms with van der Waals surface area (Å²) >= 11 is 0. The molecule has 2 N–H and O–H groups in total. The zero-order valence-corrected chi connectivity index (χ0v) is 10.8. The van der Waals surface area contributed by atoms with E-state index in [0.29, 0.717) is 6.04 Å². The van der Waals surface area contributed by atoms with Gasteiger partial charge in [0, 0.05) is 18.6 Å². The van der Waals surface area contributed by atoms with E-state index in [1.54, 1.807) is 0 Å². The third kappa shape index (κ3) is 3.46. The first kappa shape index (κ1) is 12.4. The summed E-state index contributed by atoms with van der Waals surface area (Å²) < 4.78 is 0. The fraction of sp³-hybridized carbons (Fsp3) is 1.00. The van der Waals surface area contributed by atoms with Gasteiger partial charge in [-0.3, -0.25) is 0 Å². The van der Waals surface area contributed by atoms with Crippen LogP contribution in [0.3, 0.4) is 0 Å². The van der Waals surface area contributed by atoms with Crippen LogP contribution >= 0.6 is 0 Å². The van der Waals surface area contributed by atoms with E-state index in [1.807, 2.05) is 0 Å². The Morgan fingerprint density at radius 1 is 1.06 bits per heavy atom. The van der Waals surface area contributed by atoms with Gasteiger partial charge in [-0.25, -0.2) is 0 Å². The molecular weight excluding hydrogens is 196 g/mol. The van der Waals surface area contributed by atoms with Crippen molar-refractivity contribution in [2.24, 2.45) is 11.7 Å². The van der Waals surface area contributed by atoms with Crippen LogP contribution in [0.1, 0.15) is 58.3 Å². The lowest BCUT2D eigenvalue weighted by Gasteiger charge is -2.29. The van der Waals surface area contributed by atoms with Crippen molar-refractivity contribution in [3.05, 3.63) is 0 Å². The van der Waals surface area contributed by atoms with Crippen LogP contribution in [0.4, 0.5) is 0 Å². The molecule has 94 valence electrons. The van der Waals surface area contributed by atoms with Crippen molar-refractivity contribution in [2.75, 3.05) is 13.1 Å². The van der Waals surface area contributed by atoms with Crippen LogP contribution in [0.25, 0.3) is 0 Å². The second-order valence-electron chi connectivity index (χ2n) is 5.79. The Bertz CT molecular complexity index is 201. The molecule has 2 heteroatoms. The average molecular weight is 224 g/mol. The molecule has 2 atom stereocenters. The van der Waals surface area contributed by atoms with Gasteiger partial charge in [-0.15, -0.1) is 0 Å². The molecular formula is C14H28N2. The highest BCUT2D eigenvalue weighted by Crippen LogP contribution is 2.30. The van der Waals surface area contributed by atoms with Crippen LogP contribution < -0.4 is 5.73 Å². The van der Waals surface area contributed by atoms with Gasteiger partial charge in [-0.1, -0.05) is 26.2 Å². The predicted molar refractivity (Wildman–Crippen MR) is 69.4 cm³/mol. The Balaban J connectivity index is 1.84. The van der Waals surface area contributed by atoms with Crippen LogP contribution in [0, 0.1) is 5.92 Å². The second kappa shape index (κ2) is 6.02. The van der Waals surface area contributed by atoms with E-state index in [4.69, 9.17) is 5.73 Å². The maximum absolute atomic E-state index is 6.32. The number of hydrogen-bond acceptors (Lipinski definition) is 2. The summed E-state index contributed by atoms with van der Waals surface area (Å²) in [6.07, 6.45) is 10.9. The third-order valence-electron chi connectivity index (χ3n) is 4.26. The normalized spacial score (nSPS) is 31.7. The van der Waals surface area contributed by atoms with Gasteiger partial charge >= 0.3 is 0 Å². The summed E-state index contributed by atoms with van der Waals surface area (Å²) in [6, 6.07) is 1.39. The Morgan fingerprint density at radius 2 is 1.81 bits per heavy atom. The van der Waals surface area contributed by atoms with E-state index in [-0.39, 0.29) is 0 Å². The van der Waals surface area contributed by atoms with Gasteiger partial charge in [0.25, 0.3) is 0 Å². The molecule has 0 aromatic heterocycles. The Morgan fingerprint density at radius 3 is 2.50 bits per heavy atom. The van der Waals surface area contributed by atoms with E-state index < -0.39 is 0 Å². The molecule has 0 heterocycles. The maximum Gasteiger partial charge on any atom is 0.00965 e. The van der Waals surface area contributed by atoms with Gasteiger partial charge in [-0.05, 0) is 44.6 Å². The standard InChI is InChI=1S/C14H28N2/c1-2-10-16(13-8-9-13)11-12-6-4-3-5-7-14(12)15/h12-14H,2-11,15H2,1H3. The fourth-order valence-electron chi connectivity index (χ4n) is 3.09. The summed E-state index contributed by atoms with van der Waals surface area (Å²) in [4.78, 5) is 2.72. The lowest BCUT2D eigenvalue weighted by Crippen LogP contribution is -2.40. The van der Waals surface area contributed by atoms with Crippen LogP contribution in [0.2, 0.25) is 0 Å². The van der Waals surface area contributed by atoms with Crippen LogP contribution in [-0.2, 0) is 0 Å². The third-order valence-corrected chi connectivity index (χ3v) is 4.26. The topological polar surface area (TPSA) is 29.3 Å². The molecule has 0 aromatic carbocycles. The fourth-order valence-corrected chi connectivity index (χ4v) is 3.09. The summed E-state index contributed by atoms with van der Waals surface area (Å²) in [5, 5.41) is 0. The summed E-state index contributed by atoms with van der Waals surface area (Å²) in [7, 11) is 0. The maximum atomic E-state index is 6.32. The first-order valence-corrected chi connectivity index (χ1v) is 7.31. The largest absolute Gasteiger partial charge is 0.327 e. The van der Waals surface area contributed by atoms with Gasteiger partial charge < -0.3 is 10.6 Å². The summed E-state index contributed by atoms with van der Waals surface area (Å²) in [5.41, 5.74) is 6.32. The zero-order chi connectivity index (χ0) is 11.4. The molecule has 0 spiro atoms. The Labute approximate surface area is 101 Å².